The molecule has 5 heterocycles. The zero-order valence-electron chi connectivity index (χ0n) is 16.5. The van der Waals surface area contributed by atoms with Gasteiger partial charge >= 0.3 is 0 Å². The number of fused-ring (bicyclic) bond motifs is 2. The molecule has 0 aromatic carbocycles. The van der Waals surface area contributed by atoms with E-state index in [0.29, 0.717) is 28.5 Å². The fraction of sp³-hybridized carbons (Fsp3) is 0.444. The molecule has 0 bridgehead atoms. The highest BCUT2D eigenvalue weighted by Crippen LogP contribution is 2.29. The van der Waals surface area contributed by atoms with Crippen molar-refractivity contribution in [2.24, 2.45) is 14.1 Å². The minimum atomic E-state index is -0.0834. The lowest BCUT2D eigenvalue weighted by atomic mass is 9.96. The van der Waals surface area contributed by atoms with Crippen LogP contribution in [0.15, 0.2) is 23.1 Å². The van der Waals surface area contributed by atoms with E-state index in [4.69, 9.17) is 4.74 Å². The number of hydrogen-bond donors (Lipinski definition) is 0. The first-order valence-electron chi connectivity index (χ1n) is 9.47. The number of ether oxygens (including phenoxy) is 1. The highest BCUT2D eigenvalue weighted by molar-refractivity contribution is 5.74. The van der Waals surface area contributed by atoms with Crippen molar-refractivity contribution in [3.63, 3.8) is 0 Å². The zero-order chi connectivity index (χ0) is 20.1. The van der Waals surface area contributed by atoms with Crippen LogP contribution < -0.4 is 15.2 Å². The molecule has 1 aliphatic heterocycles. The van der Waals surface area contributed by atoms with Crippen molar-refractivity contribution in [3.8, 4) is 5.88 Å². The van der Waals surface area contributed by atoms with Crippen LogP contribution in [0.4, 0.5) is 5.95 Å². The van der Waals surface area contributed by atoms with Gasteiger partial charge in [0.15, 0.2) is 17.1 Å². The van der Waals surface area contributed by atoms with Gasteiger partial charge in [-0.2, -0.15) is 14.6 Å². The molecular weight excluding hydrogens is 374 g/mol. The van der Waals surface area contributed by atoms with Crippen molar-refractivity contribution in [2.75, 3.05) is 25.1 Å². The van der Waals surface area contributed by atoms with Gasteiger partial charge in [0.05, 0.1) is 7.11 Å². The number of aryl methyl sites for hydroxylation is 1. The molecule has 1 fully saturated rings. The Labute approximate surface area is 165 Å². The maximum atomic E-state index is 12.7. The molecule has 0 spiro atoms. The van der Waals surface area contributed by atoms with E-state index >= 15 is 0 Å². The van der Waals surface area contributed by atoms with E-state index < -0.39 is 0 Å². The molecule has 0 N–H and O–H groups in total. The van der Waals surface area contributed by atoms with E-state index in [1.165, 1.54) is 0 Å². The quantitative estimate of drug-likeness (QED) is 0.493. The molecule has 0 unspecified atom stereocenters. The normalized spacial score (nSPS) is 15.5. The third-order valence-corrected chi connectivity index (χ3v) is 5.46. The molecule has 1 aliphatic rings. The molecule has 5 rings (SSSR count). The molecule has 4 aromatic rings. The van der Waals surface area contributed by atoms with E-state index in [2.05, 4.69) is 30.3 Å². The number of nitrogens with zero attached hydrogens (tertiary/aromatic N) is 9. The van der Waals surface area contributed by atoms with Crippen molar-refractivity contribution in [1.29, 1.82) is 0 Å². The predicted octanol–water partition coefficient (Wildman–Crippen LogP) is 0.497. The third-order valence-electron chi connectivity index (χ3n) is 5.46. The fourth-order valence-corrected chi connectivity index (χ4v) is 3.92. The lowest BCUT2D eigenvalue weighted by Gasteiger charge is -2.32. The second-order valence-corrected chi connectivity index (χ2v) is 7.28. The fourth-order valence-electron chi connectivity index (χ4n) is 3.92. The van der Waals surface area contributed by atoms with Gasteiger partial charge in [0.1, 0.15) is 5.39 Å². The first kappa shape index (κ1) is 17.6. The van der Waals surface area contributed by atoms with Crippen LogP contribution in [-0.4, -0.2) is 59.3 Å². The Morgan fingerprint density at radius 1 is 1.10 bits per heavy atom. The molecule has 150 valence electrons. The summed E-state index contributed by atoms with van der Waals surface area (Å²) in [5, 5.41) is 17.9. The lowest BCUT2D eigenvalue weighted by molar-refractivity contribution is 0.386. The summed E-state index contributed by atoms with van der Waals surface area (Å²) in [7, 11) is 5.13. The summed E-state index contributed by atoms with van der Waals surface area (Å²) in [6, 6.07) is 3.62. The monoisotopic (exact) mass is 395 g/mol. The summed E-state index contributed by atoms with van der Waals surface area (Å²) < 4.78 is 10.2. The van der Waals surface area contributed by atoms with Gasteiger partial charge in [-0.25, -0.2) is 0 Å². The van der Waals surface area contributed by atoms with Crippen LogP contribution in [0.25, 0.3) is 16.7 Å². The number of anilines is 1. The van der Waals surface area contributed by atoms with Gasteiger partial charge in [0.25, 0.3) is 5.56 Å². The van der Waals surface area contributed by atoms with Crippen LogP contribution in [0.1, 0.15) is 24.6 Å². The predicted molar refractivity (Wildman–Crippen MR) is 105 cm³/mol. The highest BCUT2D eigenvalue weighted by Gasteiger charge is 2.27. The highest BCUT2D eigenvalue weighted by atomic mass is 16.5. The molecule has 0 radical (unpaired) electrons. The van der Waals surface area contributed by atoms with Crippen molar-refractivity contribution in [1.82, 2.24) is 39.1 Å². The molecule has 29 heavy (non-hydrogen) atoms. The number of aromatic nitrogens is 8. The van der Waals surface area contributed by atoms with E-state index in [1.54, 1.807) is 47.2 Å². The Bertz CT molecular complexity index is 1260. The zero-order valence-corrected chi connectivity index (χ0v) is 16.5. The smallest absolute Gasteiger partial charge is 0.265 e. The SMILES string of the molecule is COc1ccc2nnc(C3CCN(c4nc5nn(C)cc5c(=O)n4C)CC3)n2n1. The maximum Gasteiger partial charge on any atom is 0.265 e. The molecule has 1 saturated heterocycles. The van der Waals surface area contributed by atoms with E-state index in [1.807, 2.05) is 6.07 Å². The molecule has 11 nitrogen and oxygen atoms in total. The Kier molecular flexibility index (Phi) is 3.96. The standard InChI is InChI=1S/C18H21N9O2/c1-24-10-12-15(23-24)19-18(25(2)17(12)28)26-8-6-11(7-9-26)16-21-20-13-4-5-14(29-3)22-27(13)16/h4-5,10-11H,6-9H2,1-3H3. The average molecular weight is 395 g/mol. The van der Waals surface area contributed by atoms with Crippen molar-refractivity contribution < 1.29 is 4.74 Å². The molecule has 0 aliphatic carbocycles. The molecule has 0 amide bonds. The Morgan fingerprint density at radius 3 is 2.66 bits per heavy atom. The van der Waals surface area contributed by atoms with Gasteiger partial charge < -0.3 is 9.64 Å². The summed E-state index contributed by atoms with van der Waals surface area (Å²) in [4.78, 5) is 19.4. The van der Waals surface area contributed by atoms with Gasteiger partial charge in [-0.1, -0.05) is 0 Å². The Balaban J connectivity index is 1.42. The first-order valence-corrected chi connectivity index (χ1v) is 9.47. The molecule has 11 heteroatoms. The summed E-state index contributed by atoms with van der Waals surface area (Å²) in [5.74, 6) is 2.22. The largest absolute Gasteiger partial charge is 0.480 e. The topological polar surface area (TPSA) is 108 Å². The van der Waals surface area contributed by atoms with Crippen molar-refractivity contribution in [3.05, 3.63) is 34.5 Å². The van der Waals surface area contributed by atoms with Gasteiger partial charge in [0.2, 0.25) is 11.8 Å². The minimum Gasteiger partial charge on any atom is -0.480 e. The van der Waals surface area contributed by atoms with Gasteiger partial charge in [-0.05, 0) is 18.9 Å². The van der Waals surface area contributed by atoms with Crippen LogP contribution >= 0.6 is 0 Å². The van der Waals surface area contributed by atoms with Gasteiger partial charge in [-0.15, -0.1) is 15.3 Å². The average Bonchev–Trinajstić information content (AvgIpc) is 3.33. The number of piperidine rings is 1. The number of hydrogen-bond acceptors (Lipinski definition) is 8. The number of rotatable bonds is 3. The van der Waals surface area contributed by atoms with Crippen LogP contribution in [0, 0.1) is 0 Å². The summed E-state index contributed by atoms with van der Waals surface area (Å²) in [6.07, 6.45) is 3.42. The van der Waals surface area contributed by atoms with Crippen LogP contribution in [0.3, 0.4) is 0 Å². The third kappa shape index (κ3) is 2.80. The molecule has 4 aromatic heterocycles. The van der Waals surface area contributed by atoms with Crippen molar-refractivity contribution >= 4 is 22.6 Å². The van der Waals surface area contributed by atoms with E-state index in [0.717, 1.165) is 31.8 Å². The Hall–Kier alpha value is -3.50. The van der Waals surface area contributed by atoms with E-state index in [-0.39, 0.29) is 11.5 Å². The van der Waals surface area contributed by atoms with Crippen LogP contribution in [0.5, 0.6) is 5.88 Å². The van der Waals surface area contributed by atoms with E-state index in [9.17, 15) is 4.79 Å². The summed E-state index contributed by atoms with van der Waals surface area (Å²) in [6.45, 7) is 1.50. The van der Waals surface area contributed by atoms with Crippen LogP contribution in [-0.2, 0) is 14.1 Å². The lowest BCUT2D eigenvalue weighted by Crippen LogP contribution is -2.38. The second kappa shape index (κ2) is 6.54. The Morgan fingerprint density at radius 2 is 1.90 bits per heavy atom. The second-order valence-electron chi connectivity index (χ2n) is 7.28. The van der Waals surface area contributed by atoms with Gasteiger partial charge in [-0.3, -0.25) is 14.0 Å². The summed E-state index contributed by atoms with van der Waals surface area (Å²) >= 11 is 0. The first-order chi connectivity index (χ1) is 14.0. The maximum absolute atomic E-state index is 12.7. The number of methoxy groups -OCH3 is 1. The summed E-state index contributed by atoms with van der Waals surface area (Å²) in [5.41, 5.74) is 1.10. The van der Waals surface area contributed by atoms with Gasteiger partial charge in [0, 0.05) is 45.4 Å². The van der Waals surface area contributed by atoms with Crippen LogP contribution in [0.2, 0.25) is 0 Å². The van der Waals surface area contributed by atoms with Crippen molar-refractivity contribution in [2.45, 2.75) is 18.8 Å². The molecule has 0 saturated carbocycles. The molecular formula is C18H21N9O2. The minimum absolute atomic E-state index is 0.0834. The molecule has 0 atom stereocenters.